The first-order valence-electron chi connectivity index (χ1n) is 11.6. The van der Waals surface area contributed by atoms with E-state index in [4.69, 9.17) is 0 Å². The third-order valence-electron chi connectivity index (χ3n) is 6.83. The Bertz CT molecular complexity index is 1290. The zero-order valence-electron chi connectivity index (χ0n) is 19.5. The molecule has 3 aromatic rings. The van der Waals surface area contributed by atoms with E-state index in [1.807, 2.05) is 0 Å². The van der Waals surface area contributed by atoms with Gasteiger partial charge in [-0.05, 0) is 55.2 Å². The highest BCUT2D eigenvalue weighted by Crippen LogP contribution is 2.41. The third kappa shape index (κ3) is 5.29. The second kappa shape index (κ2) is 10.3. The largest absolute Gasteiger partial charge is 0.432 e. The summed E-state index contributed by atoms with van der Waals surface area (Å²) in [4.78, 5) is 0. The van der Waals surface area contributed by atoms with E-state index in [0.717, 1.165) is 44.2 Å². The summed E-state index contributed by atoms with van der Waals surface area (Å²) in [6, 6.07) is 4.02. The Morgan fingerprint density at radius 3 is 1.89 bits per heavy atom. The number of hydrogen-bond donors (Lipinski definition) is 0. The summed E-state index contributed by atoms with van der Waals surface area (Å²) < 4.78 is 132. The van der Waals surface area contributed by atoms with Crippen LogP contribution in [0, 0.1) is 46.6 Å². The first kappa shape index (κ1) is 26.9. The van der Waals surface area contributed by atoms with Gasteiger partial charge in [-0.1, -0.05) is 25.5 Å². The van der Waals surface area contributed by atoms with Crippen LogP contribution in [0.2, 0.25) is 0 Å². The summed E-state index contributed by atoms with van der Waals surface area (Å²) >= 11 is 0. The molecule has 0 atom stereocenters. The van der Waals surface area contributed by atoms with Crippen molar-refractivity contribution in [3.63, 3.8) is 0 Å². The van der Waals surface area contributed by atoms with Gasteiger partial charge in [0.25, 0.3) is 0 Å². The van der Waals surface area contributed by atoms with E-state index in [9.17, 15) is 39.5 Å². The van der Waals surface area contributed by atoms with Crippen LogP contribution >= 0.6 is 0 Å². The molecule has 0 N–H and O–H groups in total. The van der Waals surface area contributed by atoms with E-state index >= 15 is 0 Å². The minimum Gasteiger partial charge on any atom is -0.429 e. The standard InChI is InChI=1S/C27H21F9O/c1-2-13-3-5-14(6-4-13)15-7-8-17(19(28)9-15)18-12-20(29)23(26(34)24(18)32)27(35,36)37-16-10-21(30)25(33)22(31)11-16/h7-14H,2-6H2,1H3. The van der Waals surface area contributed by atoms with Crippen LogP contribution in [0.1, 0.15) is 56.1 Å². The summed E-state index contributed by atoms with van der Waals surface area (Å²) in [5.74, 6) is -13.8. The van der Waals surface area contributed by atoms with E-state index in [0.29, 0.717) is 11.5 Å². The van der Waals surface area contributed by atoms with Gasteiger partial charge in [0.05, 0.1) is 0 Å². The van der Waals surface area contributed by atoms with Crippen LogP contribution < -0.4 is 4.74 Å². The molecule has 1 saturated carbocycles. The lowest BCUT2D eigenvalue weighted by Crippen LogP contribution is -2.26. The van der Waals surface area contributed by atoms with Gasteiger partial charge in [0.1, 0.15) is 22.9 Å². The van der Waals surface area contributed by atoms with Gasteiger partial charge in [0.2, 0.25) is 0 Å². The fraction of sp³-hybridized carbons (Fsp3) is 0.333. The summed E-state index contributed by atoms with van der Waals surface area (Å²) in [6.07, 6.45) is -0.297. The fourth-order valence-electron chi connectivity index (χ4n) is 4.76. The summed E-state index contributed by atoms with van der Waals surface area (Å²) in [6.45, 7) is 2.10. The first-order chi connectivity index (χ1) is 17.4. The van der Waals surface area contributed by atoms with E-state index in [-0.39, 0.29) is 24.1 Å². The maximum Gasteiger partial charge on any atom is 0.432 e. The smallest absolute Gasteiger partial charge is 0.429 e. The summed E-state index contributed by atoms with van der Waals surface area (Å²) in [5.41, 5.74) is -3.04. The predicted octanol–water partition coefficient (Wildman–Crippen LogP) is 9.14. The molecule has 1 aliphatic carbocycles. The lowest BCUT2D eigenvalue weighted by atomic mass is 9.77. The zero-order chi connectivity index (χ0) is 27.1. The minimum absolute atomic E-state index is 0.0263. The third-order valence-corrected chi connectivity index (χ3v) is 6.83. The highest BCUT2D eigenvalue weighted by Gasteiger charge is 2.43. The molecule has 1 fully saturated rings. The van der Waals surface area contributed by atoms with Crippen molar-refractivity contribution >= 4 is 0 Å². The van der Waals surface area contributed by atoms with Crippen LogP contribution in [0.15, 0.2) is 36.4 Å². The average molecular weight is 532 g/mol. The molecule has 37 heavy (non-hydrogen) atoms. The van der Waals surface area contributed by atoms with Gasteiger partial charge in [-0.2, -0.15) is 8.78 Å². The van der Waals surface area contributed by atoms with Gasteiger partial charge in [-0.15, -0.1) is 0 Å². The Kier molecular flexibility index (Phi) is 7.48. The molecule has 198 valence electrons. The number of hydrogen-bond acceptors (Lipinski definition) is 1. The van der Waals surface area contributed by atoms with E-state index in [2.05, 4.69) is 11.7 Å². The molecule has 0 bridgehead atoms. The zero-order valence-corrected chi connectivity index (χ0v) is 19.5. The second-order valence-electron chi connectivity index (χ2n) is 9.09. The molecule has 0 aliphatic heterocycles. The predicted molar refractivity (Wildman–Crippen MR) is 118 cm³/mol. The van der Waals surface area contributed by atoms with Crippen LogP contribution in [0.5, 0.6) is 5.75 Å². The van der Waals surface area contributed by atoms with Crippen LogP contribution in [-0.2, 0) is 6.11 Å². The number of benzene rings is 3. The lowest BCUT2D eigenvalue weighted by molar-refractivity contribution is -0.190. The molecule has 1 nitrogen and oxygen atoms in total. The van der Waals surface area contributed by atoms with E-state index < -0.39 is 69.3 Å². The Morgan fingerprint density at radius 1 is 0.703 bits per heavy atom. The van der Waals surface area contributed by atoms with Crippen molar-refractivity contribution in [2.24, 2.45) is 5.92 Å². The van der Waals surface area contributed by atoms with Crippen molar-refractivity contribution in [2.45, 2.75) is 51.1 Å². The Labute approximate surface area is 206 Å². The van der Waals surface area contributed by atoms with E-state index in [1.54, 1.807) is 0 Å². The first-order valence-corrected chi connectivity index (χ1v) is 11.6. The minimum atomic E-state index is -4.97. The molecular formula is C27H21F9O. The number of ether oxygens (including phenoxy) is 1. The van der Waals surface area contributed by atoms with E-state index in [1.165, 1.54) is 6.07 Å². The summed E-state index contributed by atoms with van der Waals surface area (Å²) in [7, 11) is 0. The number of alkyl halides is 2. The van der Waals surface area contributed by atoms with Crippen molar-refractivity contribution < 1.29 is 44.3 Å². The lowest BCUT2D eigenvalue weighted by Gasteiger charge is -2.28. The Hall–Kier alpha value is -3.17. The van der Waals surface area contributed by atoms with Gasteiger partial charge in [-0.25, -0.2) is 30.7 Å². The SMILES string of the molecule is CCC1CCC(c2ccc(-c3cc(F)c(C(F)(F)Oc4cc(F)c(F)c(F)c4)c(F)c3F)c(F)c2)CC1. The molecule has 3 aromatic carbocycles. The molecule has 4 rings (SSSR count). The average Bonchev–Trinajstić information content (AvgIpc) is 2.84. The molecule has 1 aliphatic rings. The van der Waals surface area contributed by atoms with Crippen molar-refractivity contribution in [1.82, 2.24) is 0 Å². The van der Waals surface area contributed by atoms with Crippen molar-refractivity contribution in [3.05, 3.63) is 88.2 Å². The molecule has 10 heteroatoms. The van der Waals surface area contributed by atoms with Crippen LogP contribution in [-0.4, -0.2) is 0 Å². The molecule has 0 amide bonds. The second-order valence-corrected chi connectivity index (χ2v) is 9.09. The molecular weight excluding hydrogens is 511 g/mol. The molecule has 0 spiro atoms. The molecule has 0 unspecified atom stereocenters. The van der Waals surface area contributed by atoms with Gasteiger partial charge >= 0.3 is 6.11 Å². The van der Waals surface area contributed by atoms with Crippen LogP contribution in [0.25, 0.3) is 11.1 Å². The molecule has 0 aromatic heterocycles. The molecule has 0 radical (unpaired) electrons. The quantitative estimate of drug-likeness (QED) is 0.175. The number of rotatable bonds is 6. The van der Waals surface area contributed by atoms with Gasteiger partial charge < -0.3 is 4.74 Å². The normalized spacial score (nSPS) is 18.2. The Morgan fingerprint density at radius 2 is 1.32 bits per heavy atom. The highest BCUT2D eigenvalue weighted by molar-refractivity contribution is 5.66. The Balaban J connectivity index is 1.65. The van der Waals surface area contributed by atoms with Crippen LogP contribution in [0.4, 0.5) is 39.5 Å². The topological polar surface area (TPSA) is 9.23 Å². The number of halogens is 9. The highest BCUT2D eigenvalue weighted by atomic mass is 19.3. The maximum atomic E-state index is 14.9. The van der Waals surface area contributed by atoms with Crippen LogP contribution in [0.3, 0.4) is 0 Å². The van der Waals surface area contributed by atoms with Gasteiger partial charge in [0, 0.05) is 23.3 Å². The van der Waals surface area contributed by atoms with Crippen molar-refractivity contribution in [2.75, 3.05) is 0 Å². The monoisotopic (exact) mass is 532 g/mol. The fourth-order valence-corrected chi connectivity index (χ4v) is 4.76. The van der Waals surface area contributed by atoms with Gasteiger partial charge in [-0.3, -0.25) is 0 Å². The van der Waals surface area contributed by atoms with Gasteiger partial charge in [0.15, 0.2) is 29.1 Å². The maximum absolute atomic E-state index is 14.9. The molecule has 0 heterocycles. The van der Waals surface area contributed by atoms with Crippen molar-refractivity contribution in [3.8, 4) is 16.9 Å². The van der Waals surface area contributed by atoms with Crippen molar-refractivity contribution in [1.29, 1.82) is 0 Å². The molecule has 0 saturated heterocycles. The summed E-state index contributed by atoms with van der Waals surface area (Å²) in [5, 5.41) is 0.